The number of carboxylic acids is 1. The summed E-state index contributed by atoms with van der Waals surface area (Å²) in [7, 11) is 2.37. The predicted molar refractivity (Wildman–Crippen MR) is 126 cm³/mol. The highest BCUT2D eigenvalue weighted by Crippen LogP contribution is 2.34. The molecule has 0 saturated heterocycles. The van der Waals surface area contributed by atoms with E-state index in [0.29, 0.717) is 23.6 Å². The number of imidazole rings is 1. The molecule has 0 aliphatic carbocycles. The van der Waals surface area contributed by atoms with E-state index >= 15 is 0 Å². The summed E-state index contributed by atoms with van der Waals surface area (Å²) in [5, 5.41) is 19.3. The minimum absolute atomic E-state index is 0.0692. The Morgan fingerprint density at radius 3 is 2.59 bits per heavy atom. The van der Waals surface area contributed by atoms with Crippen LogP contribution in [0, 0.1) is 25.2 Å². The number of aromatic nitrogens is 2. The zero-order valence-corrected chi connectivity index (χ0v) is 20.8. The topological polar surface area (TPSA) is 113 Å². The van der Waals surface area contributed by atoms with Gasteiger partial charge in [-0.05, 0) is 31.5 Å². The van der Waals surface area contributed by atoms with Crippen LogP contribution in [0.15, 0.2) is 17.1 Å². The number of hydrogen-bond donors (Lipinski definition) is 1. The molecular weight excluding hydrogens is 426 g/mol. The molecule has 0 amide bonds. The summed E-state index contributed by atoms with van der Waals surface area (Å²) in [6, 6.07) is 6.63. The van der Waals surface area contributed by atoms with Gasteiger partial charge in [-0.2, -0.15) is 5.26 Å². The fourth-order valence-corrected chi connectivity index (χ4v) is 3.75. The first-order valence-electron chi connectivity index (χ1n) is 10.2. The first-order chi connectivity index (χ1) is 15.0. The van der Waals surface area contributed by atoms with Crippen molar-refractivity contribution in [2.45, 2.75) is 39.5 Å². The van der Waals surface area contributed by atoms with E-state index in [1.54, 1.807) is 19.0 Å². The normalized spacial score (nSPS) is 11.6. The Kier molecular flexibility index (Phi) is 8.18. The van der Waals surface area contributed by atoms with Crippen molar-refractivity contribution >= 4 is 26.2 Å². The van der Waals surface area contributed by atoms with Gasteiger partial charge in [-0.3, -0.25) is 4.57 Å². The fraction of sp³-hybridized carbons (Fsp3) is 0.455. The first-order valence-corrected chi connectivity index (χ1v) is 13.9. The van der Waals surface area contributed by atoms with Crippen molar-refractivity contribution in [3.8, 4) is 17.5 Å². The third-order valence-corrected chi connectivity index (χ3v) is 6.37. The Labute approximate surface area is 189 Å². The van der Waals surface area contributed by atoms with Gasteiger partial charge in [0.1, 0.15) is 11.8 Å². The lowest BCUT2D eigenvalue weighted by molar-refractivity contribution is 0.0216. The maximum Gasteiger partial charge on any atom is 0.372 e. The van der Waals surface area contributed by atoms with Crippen LogP contribution < -0.4 is 4.74 Å². The van der Waals surface area contributed by atoms with E-state index in [-0.39, 0.29) is 24.1 Å². The van der Waals surface area contributed by atoms with Crippen molar-refractivity contribution in [3.63, 3.8) is 0 Å². The van der Waals surface area contributed by atoms with Gasteiger partial charge < -0.3 is 19.5 Å². The molecule has 0 aliphatic heterocycles. The third-order valence-electron chi connectivity index (χ3n) is 4.66. The van der Waals surface area contributed by atoms with Crippen molar-refractivity contribution in [1.82, 2.24) is 14.5 Å². The van der Waals surface area contributed by atoms with Gasteiger partial charge in [0.2, 0.25) is 5.82 Å². The molecule has 0 atom stereocenters. The van der Waals surface area contributed by atoms with Gasteiger partial charge in [-0.25, -0.2) is 14.8 Å². The molecule has 1 aromatic heterocycles. The van der Waals surface area contributed by atoms with Gasteiger partial charge in [0, 0.05) is 34.3 Å². The zero-order valence-electron chi connectivity index (χ0n) is 19.8. The van der Waals surface area contributed by atoms with Crippen LogP contribution in [0.3, 0.4) is 0 Å². The summed E-state index contributed by atoms with van der Waals surface area (Å²) in [6.07, 6.45) is 1.50. The van der Waals surface area contributed by atoms with Gasteiger partial charge >= 0.3 is 5.97 Å². The lowest BCUT2D eigenvalue weighted by Gasteiger charge is -2.19. The average Bonchev–Trinajstić information content (AvgIpc) is 3.05. The molecular formula is C22H31N5O4Si. The molecule has 10 heteroatoms. The molecule has 9 nitrogen and oxygen atoms in total. The van der Waals surface area contributed by atoms with Gasteiger partial charge in [-0.1, -0.05) is 25.7 Å². The number of aryl methyl sites for hydroxylation is 1. The zero-order chi connectivity index (χ0) is 24.1. The second-order valence-corrected chi connectivity index (χ2v) is 14.5. The van der Waals surface area contributed by atoms with Crippen molar-refractivity contribution in [2.75, 3.05) is 27.5 Å². The van der Waals surface area contributed by atoms with Gasteiger partial charge in [0.15, 0.2) is 18.3 Å². The molecule has 0 unspecified atom stereocenters. The van der Waals surface area contributed by atoms with E-state index in [1.807, 2.05) is 32.0 Å². The highest BCUT2D eigenvalue weighted by molar-refractivity contribution is 6.76. The minimum atomic E-state index is -1.26. The molecule has 0 fully saturated rings. The van der Waals surface area contributed by atoms with Crippen LogP contribution >= 0.6 is 0 Å². The van der Waals surface area contributed by atoms with Crippen molar-refractivity contribution in [3.05, 3.63) is 34.8 Å². The van der Waals surface area contributed by atoms with E-state index < -0.39 is 14.0 Å². The van der Waals surface area contributed by atoms with Crippen LogP contribution in [0.2, 0.25) is 25.7 Å². The van der Waals surface area contributed by atoms with Crippen LogP contribution in [0.5, 0.6) is 5.75 Å². The van der Waals surface area contributed by atoms with Crippen LogP contribution in [0.4, 0.5) is 5.82 Å². The largest absolute Gasteiger partial charge is 0.475 e. The molecule has 2 aromatic rings. The van der Waals surface area contributed by atoms with Crippen LogP contribution in [0.25, 0.3) is 5.69 Å². The summed E-state index contributed by atoms with van der Waals surface area (Å²) in [6.45, 7) is 11.3. The molecule has 32 heavy (non-hydrogen) atoms. The number of nitriles is 1. The number of nitrogens with zero attached hydrogens (tertiary/aromatic N) is 5. The van der Waals surface area contributed by atoms with E-state index in [1.165, 1.54) is 10.9 Å². The monoisotopic (exact) mass is 457 g/mol. The van der Waals surface area contributed by atoms with E-state index in [0.717, 1.165) is 11.6 Å². The van der Waals surface area contributed by atoms with Crippen molar-refractivity contribution < 1.29 is 19.4 Å². The highest BCUT2D eigenvalue weighted by atomic mass is 28.3. The van der Waals surface area contributed by atoms with Crippen LogP contribution in [-0.2, 0) is 4.74 Å². The molecule has 0 bridgehead atoms. The molecule has 0 radical (unpaired) electrons. The Morgan fingerprint density at radius 2 is 2.03 bits per heavy atom. The Morgan fingerprint density at radius 1 is 1.34 bits per heavy atom. The molecule has 1 heterocycles. The summed E-state index contributed by atoms with van der Waals surface area (Å²) in [5.41, 5.74) is 1.98. The molecule has 0 saturated carbocycles. The SMILES string of the molecule is Cc1ccc(OCOCC[Si](C)(C)C)c(C)c1-n1c(C(=O)O)nc(C#N)c1N=CN(C)C. The van der Waals surface area contributed by atoms with Gasteiger partial charge in [0.25, 0.3) is 0 Å². The van der Waals surface area contributed by atoms with Crippen LogP contribution in [0.1, 0.15) is 27.4 Å². The molecule has 0 aliphatic rings. The van der Waals surface area contributed by atoms with Crippen LogP contribution in [-0.4, -0.2) is 67.4 Å². The van der Waals surface area contributed by atoms with E-state index in [9.17, 15) is 15.2 Å². The number of benzene rings is 1. The number of aromatic carboxylic acids is 1. The number of aliphatic imine (C=N–C) groups is 1. The first kappa shape index (κ1) is 25.1. The number of rotatable bonds is 10. The summed E-state index contributed by atoms with van der Waals surface area (Å²) >= 11 is 0. The number of carboxylic acid groups (broad SMARTS) is 1. The second-order valence-electron chi connectivity index (χ2n) is 8.90. The number of carbonyl (C=O) groups is 1. The summed E-state index contributed by atoms with van der Waals surface area (Å²) < 4.78 is 12.9. The fourth-order valence-electron chi connectivity index (χ4n) is 2.99. The van der Waals surface area contributed by atoms with Crippen molar-refractivity contribution in [1.29, 1.82) is 5.26 Å². The summed E-state index contributed by atoms with van der Waals surface area (Å²) in [4.78, 5) is 22.0. The second kappa shape index (κ2) is 10.4. The minimum Gasteiger partial charge on any atom is -0.475 e. The average molecular weight is 458 g/mol. The van der Waals surface area contributed by atoms with Crippen molar-refractivity contribution in [2.24, 2.45) is 4.99 Å². The lowest BCUT2D eigenvalue weighted by Crippen LogP contribution is -2.22. The molecule has 2 rings (SSSR count). The molecule has 0 spiro atoms. The van der Waals surface area contributed by atoms with Gasteiger partial charge in [0.05, 0.1) is 12.0 Å². The third kappa shape index (κ3) is 6.18. The summed E-state index contributed by atoms with van der Waals surface area (Å²) in [5.74, 6) is -0.840. The number of ether oxygens (including phenoxy) is 2. The van der Waals surface area contributed by atoms with E-state index in [2.05, 4.69) is 29.6 Å². The maximum absolute atomic E-state index is 11.9. The Bertz CT molecular complexity index is 1050. The molecule has 1 N–H and O–H groups in total. The smallest absolute Gasteiger partial charge is 0.372 e. The predicted octanol–water partition coefficient (Wildman–Crippen LogP) is 3.97. The maximum atomic E-state index is 11.9. The number of hydrogen-bond acceptors (Lipinski definition) is 6. The van der Waals surface area contributed by atoms with E-state index in [4.69, 9.17) is 9.47 Å². The highest BCUT2D eigenvalue weighted by Gasteiger charge is 2.26. The quantitative estimate of drug-likeness (QED) is 0.189. The molecule has 1 aromatic carbocycles. The van der Waals surface area contributed by atoms with Gasteiger partial charge in [-0.15, -0.1) is 0 Å². The Balaban J connectivity index is 2.49. The lowest BCUT2D eigenvalue weighted by atomic mass is 10.1. The Hall–Kier alpha value is -3.16. The standard InChI is InChI=1S/C22H31N5O4Si/c1-15-8-9-18(31-14-30-10-11-32(5,6)7)16(2)19(15)27-20(24-13-26(3)4)17(12-23)25-21(27)22(28)29/h8-9,13H,10-11,14H2,1-7H3,(H,28,29). The molecule has 172 valence electrons.